The molecule has 6 nitrogen and oxygen atoms in total. The zero-order chi connectivity index (χ0) is 17.1. The van der Waals surface area contributed by atoms with Crippen LogP contribution in [0.15, 0.2) is 24.4 Å². The van der Waals surface area contributed by atoms with E-state index in [1.54, 1.807) is 11.1 Å². The number of fused-ring (bicyclic) bond motifs is 1. The third kappa shape index (κ3) is 3.19. The average molecular weight is 343 g/mol. The van der Waals surface area contributed by atoms with Crippen LogP contribution in [-0.4, -0.2) is 35.2 Å². The molecule has 0 unspecified atom stereocenters. The number of thiazole rings is 1. The molecule has 1 aliphatic heterocycles. The summed E-state index contributed by atoms with van der Waals surface area (Å²) in [5.74, 6) is 1.31. The van der Waals surface area contributed by atoms with Crippen molar-refractivity contribution in [3.8, 4) is 28.1 Å². The smallest absolute Gasteiger partial charge is 0.265 e. The minimum atomic E-state index is -0.0928. The van der Waals surface area contributed by atoms with Gasteiger partial charge < -0.3 is 14.4 Å². The van der Waals surface area contributed by atoms with Crippen molar-refractivity contribution in [3.05, 3.63) is 29.3 Å². The maximum atomic E-state index is 12.7. The number of hydrogen-bond acceptors (Lipinski definition) is 6. The molecule has 1 amide bonds. The van der Waals surface area contributed by atoms with Gasteiger partial charge in [0.05, 0.1) is 18.7 Å². The highest BCUT2D eigenvalue weighted by molar-refractivity contribution is 7.16. The number of nitriles is 1. The molecule has 1 aliphatic rings. The van der Waals surface area contributed by atoms with Crippen molar-refractivity contribution < 1.29 is 14.3 Å². The van der Waals surface area contributed by atoms with E-state index in [9.17, 15) is 4.79 Å². The molecule has 2 aromatic rings. The molecule has 7 heteroatoms. The molecule has 124 valence electrons. The Bertz CT molecular complexity index is 795. The number of benzene rings is 1. The summed E-state index contributed by atoms with van der Waals surface area (Å²) in [5.41, 5.74) is 0.886. The minimum absolute atomic E-state index is 0.0296. The predicted molar refractivity (Wildman–Crippen MR) is 90.1 cm³/mol. The lowest BCUT2D eigenvalue weighted by atomic mass is 10.2. The van der Waals surface area contributed by atoms with Gasteiger partial charge in [-0.15, -0.1) is 11.3 Å². The Morgan fingerprint density at radius 2 is 2.21 bits per heavy atom. The zero-order valence-corrected chi connectivity index (χ0v) is 14.3. The zero-order valence-electron chi connectivity index (χ0n) is 13.5. The maximum Gasteiger partial charge on any atom is 0.265 e. The molecule has 0 saturated heterocycles. The lowest BCUT2D eigenvalue weighted by Gasteiger charge is -2.24. The summed E-state index contributed by atoms with van der Waals surface area (Å²) >= 11 is 1.34. The van der Waals surface area contributed by atoms with Crippen LogP contribution in [0.5, 0.6) is 11.5 Å². The Balaban J connectivity index is 1.82. The fraction of sp³-hybridized carbons (Fsp3) is 0.353. The molecule has 0 aliphatic carbocycles. The van der Waals surface area contributed by atoms with E-state index in [0.29, 0.717) is 29.3 Å². The Labute approximate surface area is 144 Å². The molecule has 0 saturated carbocycles. The highest BCUT2D eigenvalue weighted by Gasteiger charge is 2.22. The van der Waals surface area contributed by atoms with E-state index in [4.69, 9.17) is 14.7 Å². The van der Waals surface area contributed by atoms with E-state index in [2.05, 4.69) is 11.1 Å². The Morgan fingerprint density at radius 1 is 1.42 bits per heavy atom. The van der Waals surface area contributed by atoms with Crippen LogP contribution < -0.4 is 9.47 Å². The predicted octanol–water partition coefficient (Wildman–Crippen LogP) is 3.30. The SMILES string of the molecule is CC(C)N(CCC#N)C(=O)c1cnc(-c2ccc3c(c2)OCO3)s1. The standard InChI is InChI=1S/C17H17N3O3S/c1-11(2)20(7-3-6-18)17(21)15-9-19-16(24-15)12-4-5-13-14(8-12)23-10-22-13/h4-5,8-9,11H,3,7,10H2,1-2H3. The van der Waals surface area contributed by atoms with Crippen molar-refractivity contribution >= 4 is 17.2 Å². The molecular weight excluding hydrogens is 326 g/mol. The van der Waals surface area contributed by atoms with E-state index in [1.807, 2.05) is 32.0 Å². The average Bonchev–Trinajstić information content (AvgIpc) is 3.23. The summed E-state index contributed by atoms with van der Waals surface area (Å²) in [7, 11) is 0. The number of carbonyl (C=O) groups excluding carboxylic acids is 1. The van der Waals surface area contributed by atoms with Gasteiger partial charge in [0.25, 0.3) is 5.91 Å². The van der Waals surface area contributed by atoms with Crippen LogP contribution in [-0.2, 0) is 0 Å². The van der Waals surface area contributed by atoms with Gasteiger partial charge in [0, 0.05) is 18.2 Å². The second-order valence-electron chi connectivity index (χ2n) is 5.60. The van der Waals surface area contributed by atoms with E-state index in [0.717, 1.165) is 10.6 Å². The van der Waals surface area contributed by atoms with Gasteiger partial charge >= 0.3 is 0 Å². The molecule has 0 bridgehead atoms. The third-order valence-electron chi connectivity index (χ3n) is 3.68. The molecule has 1 aromatic heterocycles. The molecule has 3 rings (SSSR count). The normalized spacial score (nSPS) is 12.2. The van der Waals surface area contributed by atoms with Crippen molar-refractivity contribution in [1.29, 1.82) is 5.26 Å². The molecule has 0 atom stereocenters. The van der Waals surface area contributed by atoms with Gasteiger partial charge in [-0.05, 0) is 32.0 Å². The summed E-state index contributed by atoms with van der Waals surface area (Å²) in [5, 5.41) is 9.51. The maximum absolute atomic E-state index is 12.7. The first kappa shape index (κ1) is 16.3. The second-order valence-corrected chi connectivity index (χ2v) is 6.63. The Hall–Kier alpha value is -2.59. The molecule has 1 aromatic carbocycles. The lowest BCUT2D eigenvalue weighted by molar-refractivity contribution is 0.0715. The number of rotatable bonds is 5. The number of ether oxygens (including phenoxy) is 2. The Morgan fingerprint density at radius 3 is 2.96 bits per heavy atom. The fourth-order valence-corrected chi connectivity index (χ4v) is 3.31. The van der Waals surface area contributed by atoms with Crippen molar-refractivity contribution in [2.45, 2.75) is 26.3 Å². The lowest BCUT2D eigenvalue weighted by Crippen LogP contribution is -2.37. The third-order valence-corrected chi connectivity index (χ3v) is 4.72. The van der Waals surface area contributed by atoms with E-state index >= 15 is 0 Å². The van der Waals surface area contributed by atoms with Crippen LogP contribution in [0.4, 0.5) is 0 Å². The van der Waals surface area contributed by atoms with Crippen molar-refractivity contribution in [3.63, 3.8) is 0 Å². The van der Waals surface area contributed by atoms with Crippen LogP contribution >= 0.6 is 11.3 Å². The Kier molecular flexibility index (Phi) is 4.67. The largest absolute Gasteiger partial charge is 0.454 e. The molecule has 2 heterocycles. The van der Waals surface area contributed by atoms with Gasteiger partial charge in [-0.3, -0.25) is 4.79 Å². The highest BCUT2D eigenvalue weighted by atomic mass is 32.1. The van der Waals surface area contributed by atoms with Crippen LogP contribution in [0.2, 0.25) is 0 Å². The number of carbonyl (C=O) groups is 1. The van der Waals surface area contributed by atoms with Crippen LogP contribution in [0.25, 0.3) is 10.6 Å². The van der Waals surface area contributed by atoms with Gasteiger partial charge in [0.1, 0.15) is 9.88 Å². The minimum Gasteiger partial charge on any atom is -0.454 e. The molecule has 24 heavy (non-hydrogen) atoms. The first-order valence-corrected chi connectivity index (χ1v) is 8.45. The van der Waals surface area contributed by atoms with Gasteiger partial charge in [-0.25, -0.2) is 4.98 Å². The second kappa shape index (κ2) is 6.89. The van der Waals surface area contributed by atoms with Crippen LogP contribution in [0.3, 0.4) is 0 Å². The summed E-state index contributed by atoms with van der Waals surface area (Å²) < 4.78 is 10.7. The topological polar surface area (TPSA) is 75.5 Å². The van der Waals surface area contributed by atoms with Gasteiger partial charge in [0.15, 0.2) is 11.5 Å². The first-order valence-electron chi connectivity index (χ1n) is 7.64. The fourth-order valence-electron chi connectivity index (χ4n) is 2.44. The molecule has 0 N–H and O–H groups in total. The van der Waals surface area contributed by atoms with E-state index in [-0.39, 0.29) is 18.7 Å². The highest BCUT2D eigenvalue weighted by Crippen LogP contribution is 2.37. The number of hydrogen-bond donors (Lipinski definition) is 0. The van der Waals surface area contributed by atoms with Gasteiger partial charge in [-0.1, -0.05) is 0 Å². The van der Waals surface area contributed by atoms with Crippen molar-refractivity contribution in [2.24, 2.45) is 0 Å². The quantitative estimate of drug-likeness (QED) is 0.832. The summed E-state index contributed by atoms with van der Waals surface area (Å²) in [6, 6.07) is 7.72. The number of nitrogens with zero attached hydrogens (tertiary/aromatic N) is 3. The first-order chi connectivity index (χ1) is 11.6. The summed E-state index contributed by atoms with van der Waals surface area (Å²) in [4.78, 5) is 19.3. The van der Waals surface area contributed by atoms with Gasteiger partial charge in [0.2, 0.25) is 6.79 Å². The van der Waals surface area contributed by atoms with E-state index in [1.165, 1.54) is 11.3 Å². The molecule has 0 radical (unpaired) electrons. The number of amides is 1. The van der Waals surface area contributed by atoms with Crippen LogP contribution in [0, 0.1) is 11.3 Å². The monoisotopic (exact) mass is 343 g/mol. The number of aromatic nitrogens is 1. The molecule has 0 spiro atoms. The van der Waals surface area contributed by atoms with Crippen LogP contribution in [0.1, 0.15) is 29.9 Å². The summed E-state index contributed by atoms with van der Waals surface area (Å²) in [6.45, 7) is 4.52. The van der Waals surface area contributed by atoms with Gasteiger partial charge in [-0.2, -0.15) is 5.26 Å². The molecule has 0 fully saturated rings. The van der Waals surface area contributed by atoms with Crippen molar-refractivity contribution in [1.82, 2.24) is 9.88 Å². The summed E-state index contributed by atoms with van der Waals surface area (Å²) in [6.07, 6.45) is 1.91. The van der Waals surface area contributed by atoms with E-state index < -0.39 is 0 Å². The molecular formula is C17H17N3O3S. The van der Waals surface area contributed by atoms with Crippen molar-refractivity contribution in [2.75, 3.05) is 13.3 Å².